The third kappa shape index (κ3) is 7.68. The highest BCUT2D eigenvalue weighted by atomic mass is 16.6. The molecular formula is C17H31N3O3. The van der Waals surface area contributed by atoms with Gasteiger partial charge in [0.15, 0.2) is 0 Å². The summed E-state index contributed by atoms with van der Waals surface area (Å²) in [7, 11) is 0. The molecule has 1 aliphatic carbocycles. The molecule has 0 unspecified atom stereocenters. The molecule has 0 bridgehead atoms. The average molecular weight is 325 g/mol. The van der Waals surface area contributed by atoms with Crippen molar-refractivity contribution in [2.24, 2.45) is 11.8 Å². The minimum atomic E-state index is -0.457. The van der Waals surface area contributed by atoms with Crippen LogP contribution in [0.25, 0.3) is 0 Å². The van der Waals surface area contributed by atoms with Crippen LogP contribution in [-0.4, -0.2) is 55.2 Å². The maximum Gasteiger partial charge on any atom is 0.407 e. The van der Waals surface area contributed by atoms with Crippen LogP contribution < -0.4 is 10.6 Å². The van der Waals surface area contributed by atoms with Gasteiger partial charge in [0.25, 0.3) is 0 Å². The Hall–Kier alpha value is -1.30. The topological polar surface area (TPSA) is 70.7 Å². The zero-order valence-electron chi connectivity index (χ0n) is 14.7. The highest BCUT2D eigenvalue weighted by Crippen LogP contribution is 2.27. The third-order valence-electron chi connectivity index (χ3n) is 4.29. The van der Waals surface area contributed by atoms with E-state index in [1.54, 1.807) is 0 Å². The first-order chi connectivity index (χ1) is 10.8. The van der Waals surface area contributed by atoms with Crippen LogP contribution in [0.5, 0.6) is 0 Å². The first-order valence-corrected chi connectivity index (χ1v) is 8.78. The molecule has 0 aromatic rings. The van der Waals surface area contributed by atoms with E-state index in [-0.39, 0.29) is 12.0 Å². The number of rotatable bonds is 6. The first-order valence-electron chi connectivity index (χ1n) is 8.78. The van der Waals surface area contributed by atoms with E-state index < -0.39 is 5.60 Å². The molecular weight excluding hydrogens is 294 g/mol. The Balaban J connectivity index is 1.56. The number of hydrogen-bond acceptors (Lipinski definition) is 4. The molecule has 1 saturated heterocycles. The molecule has 23 heavy (non-hydrogen) atoms. The van der Waals surface area contributed by atoms with Gasteiger partial charge >= 0.3 is 6.09 Å². The van der Waals surface area contributed by atoms with E-state index in [0.717, 1.165) is 38.4 Å². The molecule has 0 spiro atoms. The van der Waals surface area contributed by atoms with Crippen LogP contribution in [0.3, 0.4) is 0 Å². The Morgan fingerprint density at radius 1 is 1.00 bits per heavy atom. The summed E-state index contributed by atoms with van der Waals surface area (Å²) in [5.74, 6) is 1.33. The number of carbonyl (C=O) groups excluding carboxylic acids is 2. The Labute approximate surface area is 139 Å². The number of nitrogens with zero attached hydrogens (tertiary/aromatic N) is 1. The third-order valence-corrected chi connectivity index (χ3v) is 4.29. The van der Waals surface area contributed by atoms with Crippen LogP contribution in [-0.2, 0) is 9.53 Å². The minimum Gasteiger partial charge on any atom is -0.444 e. The average Bonchev–Trinajstić information content (AvgIpc) is 3.27. The van der Waals surface area contributed by atoms with Crippen molar-refractivity contribution in [1.82, 2.24) is 15.5 Å². The molecule has 2 N–H and O–H groups in total. The zero-order chi connectivity index (χ0) is 16.9. The van der Waals surface area contributed by atoms with Crippen molar-refractivity contribution in [3.8, 4) is 0 Å². The molecule has 2 aliphatic rings. The minimum absolute atomic E-state index is 0.141. The lowest BCUT2D eigenvalue weighted by Crippen LogP contribution is -2.44. The number of ether oxygens (including phenoxy) is 1. The quantitative estimate of drug-likeness (QED) is 0.780. The van der Waals surface area contributed by atoms with Gasteiger partial charge in [0.1, 0.15) is 5.60 Å². The van der Waals surface area contributed by atoms with Crippen molar-refractivity contribution in [2.75, 3.05) is 32.7 Å². The summed E-state index contributed by atoms with van der Waals surface area (Å²) >= 11 is 0. The summed E-state index contributed by atoms with van der Waals surface area (Å²) in [6, 6.07) is 0. The van der Waals surface area contributed by atoms with Crippen molar-refractivity contribution in [2.45, 2.75) is 52.1 Å². The zero-order valence-corrected chi connectivity index (χ0v) is 14.7. The monoisotopic (exact) mass is 325 g/mol. The van der Waals surface area contributed by atoms with E-state index in [0.29, 0.717) is 19.0 Å². The van der Waals surface area contributed by atoms with Crippen LogP contribution in [0.15, 0.2) is 0 Å². The molecule has 132 valence electrons. The van der Waals surface area contributed by atoms with Crippen molar-refractivity contribution in [3.05, 3.63) is 0 Å². The highest BCUT2D eigenvalue weighted by Gasteiger charge is 2.24. The summed E-state index contributed by atoms with van der Waals surface area (Å²) < 4.78 is 5.24. The van der Waals surface area contributed by atoms with Crippen molar-refractivity contribution >= 4 is 12.0 Å². The Kier molecular flexibility index (Phi) is 6.27. The molecule has 1 heterocycles. The molecule has 6 nitrogen and oxygen atoms in total. The highest BCUT2D eigenvalue weighted by molar-refractivity contribution is 5.78. The van der Waals surface area contributed by atoms with Crippen LogP contribution >= 0.6 is 0 Å². The second-order valence-corrected chi connectivity index (χ2v) is 7.85. The van der Waals surface area contributed by atoms with Gasteiger partial charge in [0, 0.05) is 13.1 Å². The van der Waals surface area contributed by atoms with Gasteiger partial charge in [-0.25, -0.2) is 4.79 Å². The van der Waals surface area contributed by atoms with Gasteiger partial charge in [-0.15, -0.1) is 0 Å². The van der Waals surface area contributed by atoms with Gasteiger partial charge in [-0.05, 0) is 71.4 Å². The Morgan fingerprint density at radius 2 is 1.57 bits per heavy atom. The molecule has 0 atom stereocenters. The number of piperidine rings is 1. The van der Waals surface area contributed by atoms with Gasteiger partial charge in [0.2, 0.25) is 5.91 Å². The predicted molar refractivity (Wildman–Crippen MR) is 89.1 cm³/mol. The molecule has 2 rings (SSSR count). The lowest BCUT2D eigenvalue weighted by molar-refractivity contribution is -0.122. The molecule has 2 fully saturated rings. The molecule has 0 aromatic heterocycles. The van der Waals surface area contributed by atoms with Gasteiger partial charge in [-0.3, -0.25) is 9.69 Å². The van der Waals surface area contributed by atoms with Crippen LogP contribution in [0.2, 0.25) is 0 Å². The largest absolute Gasteiger partial charge is 0.444 e. The SMILES string of the molecule is CC(C)(C)OC(=O)NCC1CCN(CC(=O)NCC2CC2)CC1. The maximum atomic E-state index is 11.8. The smallest absolute Gasteiger partial charge is 0.407 e. The Bertz CT molecular complexity index is 408. The number of amides is 2. The summed E-state index contributed by atoms with van der Waals surface area (Å²) in [4.78, 5) is 25.7. The predicted octanol–water partition coefficient (Wildman–Crippen LogP) is 1.75. The first kappa shape index (κ1) is 18.0. The molecule has 0 radical (unpaired) electrons. The van der Waals surface area contributed by atoms with E-state index in [1.807, 2.05) is 20.8 Å². The number of carbonyl (C=O) groups is 2. The van der Waals surface area contributed by atoms with Crippen LogP contribution in [0.4, 0.5) is 4.79 Å². The van der Waals surface area contributed by atoms with E-state index in [9.17, 15) is 9.59 Å². The molecule has 1 saturated carbocycles. The van der Waals surface area contributed by atoms with Gasteiger partial charge in [-0.2, -0.15) is 0 Å². The number of alkyl carbamates (subject to hydrolysis) is 1. The summed E-state index contributed by atoms with van der Waals surface area (Å²) in [6.45, 7) is 9.40. The normalized spacial score (nSPS) is 20.1. The van der Waals surface area contributed by atoms with Gasteiger partial charge in [-0.1, -0.05) is 0 Å². The lowest BCUT2D eigenvalue weighted by atomic mass is 9.97. The van der Waals surface area contributed by atoms with Gasteiger partial charge < -0.3 is 15.4 Å². The van der Waals surface area contributed by atoms with Crippen LogP contribution in [0, 0.1) is 11.8 Å². The Morgan fingerprint density at radius 3 is 2.13 bits per heavy atom. The molecule has 1 aliphatic heterocycles. The maximum absolute atomic E-state index is 11.8. The van der Waals surface area contributed by atoms with E-state index in [4.69, 9.17) is 4.74 Å². The van der Waals surface area contributed by atoms with E-state index in [2.05, 4.69) is 15.5 Å². The molecule has 0 aromatic carbocycles. The second kappa shape index (κ2) is 7.99. The second-order valence-electron chi connectivity index (χ2n) is 7.85. The van der Waals surface area contributed by atoms with E-state index in [1.165, 1.54) is 12.8 Å². The van der Waals surface area contributed by atoms with Crippen molar-refractivity contribution in [3.63, 3.8) is 0 Å². The van der Waals surface area contributed by atoms with Crippen LogP contribution in [0.1, 0.15) is 46.5 Å². The number of nitrogens with one attached hydrogen (secondary N) is 2. The van der Waals surface area contributed by atoms with Crippen molar-refractivity contribution < 1.29 is 14.3 Å². The fourth-order valence-corrected chi connectivity index (χ4v) is 2.73. The number of likely N-dealkylation sites (tertiary alicyclic amines) is 1. The summed E-state index contributed by atoms with van der Waals surface area (Å²) in [5.41, 5.74) is -0.457. The fraction of sp³-hybridized carbons (Fsp3) is 0.882. The summed E-state index contributed by atoms with van der Waals surface area (Å²) in [6.07, 6.45) is 4.18. The van der Waals surface area contributed by atoms with Crippen molar-refractivity contribution in [1.29, 1.82) is 0 Å². The molecule has 6 heteroatoms. The lowest BCUT2D eigenvalue weighted by Gasteiger charge is -2.31. The standard InChI is InChI=1S/C17H31N3O3/c1-17(2,3)23-16(22)19-11-14-6-8-20(9-7-14)12-15(21)18-10-13-4-5-13/h13-14H,4-12H2,1-3H3,(H,18,21)(H,19,22). The summed E-state index contributed by atoms with van der Waals surface area (Å²) in [5, 5.41) is 5.86. The van der Waals surface area contributed by atoms with Gasteiger partial charge in [0.05, 0.1) is 6.54 Å². The molecule has 2 amide bonds. The van der Waals surface area contributed by atoms with E-state index >= 15 is 0 Å². The number of hydrogen-bond donors (Lipinski definition) is 2. The fourth-order valence-electron chi connectivity index (χ4n) is 2.73.